The molecule has 0 saturated carbocycles. The minimum Gasteiger partial charge on any atom is -0.316 e. The summed E-state index contributed by atoms with van der Waals surface area (Å²) in [6, 6.07) is 7.30. The second kappa shape index (κ2) is 6.64. The summed E-state index contributed by atoms with van der Waals surface area (Å²) >= 11 is 6.00. The fourth-order valence-corrected chi connectivity index (χ4v) is 3.78. The number of piperidine rings is 2. The molecule has 1 unspecified atom stereocenters. The first-order valence-electron chi connectivity index (χ1n) is 8.04. The van der Waals surface area contributed by atoms with Gasteiger partial charge in [-0.15, -0.1) is 0 Å². The van der Waals surface area contributed by atoms with Crippen molar-refractivity contribution in [3.63, 3.8) is 0 Å². The van der Waals surface area contributed by atoms with Crippen LogP contribution in [0.1, 0.15) is 31.2 Å². The Hall–Kier alpha value is -0.640. The zero-order valence-corrected chi connectivity index (χ0v) is 13.2. The van der Waals surface area contributed by atoms with E-state index in [1.54, 1.807) is 12.1 Å². The molecule has 21 heavy (non-hydrogen) atoms. The van der Waals surface area contributed by atoms with Crippen molar-refractivity contribution in [3.8, 4) is 0 Å². The number of halogens is 2. The molecule has 2 aliphatic rings. The Morgan fingerprint density at radius 2 is 2.14 bits per heavy atom. The van der Waals surface area contributed by atoms with Crippen LogP contribution in [0, 0.1) is 5.92 Å². The van der Waals surface area contributed by atoms with E-state index >= 15 is 4.39 Å². The standard InChI is InChI=1S/C17H24ClFN2/c18-16-5-1-4-15(11-16)17(19)6-9-21(10-7-17)13-14-3-2-8-20-12-14/h1,4-5,11,14,20H,2-3,6-10,12-13H2. The molecule has 0 aromatic heterocycles. The van der Waals surface area contributed by atoms with Crippen LogP contribution in [-0.4, -0.2) is 37.6 Å². The summed E-state index contributed by atoms with van der Waals surface area (Å²) in [4.78, 5) is 2.43. The first kappa shape index (κ1) is 15.3. The van der Waals surface area contributed by atoms with Gasteiger partial charge in [-0.3, -0.25) is 0 Å². The predicted octanol–water partition coefficient (Wildman–Crippen LogP) is 3.60. The summed E-state index contributed by atoms with van der Waals surface area (Å²) in [5.74, 6) is 0.733. The normalized spacial score (nSPS) is 26.7. The van der Waals surface area contributed by atoms with E-state index in [0.29, 0.717) is 17.9 Å². The largest absolute Gasteiger partial charge is 0.316 e. The van der Waals surface area contributed by atoms with Gasteiger partial charge in [-0.05, 0) is 62.4 Å². The molecule has 2 heterocycles. The Balaban J connectivity index is 1.56. The first-order chi connectivity index (χ1) is 10.2. The highest BCUT2D eigenvalue weighted by Gasteiger charge is 2.36. The van der Waals surface area contributed by atoms with Gasteiger partial charge in [0.2, 0.25) is 0 Å². The van der Waals surface area contributed by atoms with Crippen LogP contribution >= 0.6 is 11.6 Å². The van der Waals surface area contributed by atoms with Gasteiger partial charge in [-0.25, -0.2) is 4.39 Å². The van der Waals surface area contributed by atoms with Crippen molar-refractivity contribution in [1.29, 1.82) is 0 Å². The Bertz CT molecular complexity index is 466. The molecule has 2 nitrogen and oxygen atoms in total. The third-order valence-corrected chi connectivity index (χ3v) is 5.14. The lowest BCUT2D eigenvalue weighted by molar-refractivity contribution is 0.0470. The topological polar surface area (TPSA) is 15.3 Å². The molecular weight excluding hydrogens is 287 g/mol. The Kier molecular flexibility index (Phi) is 4.82. The molecule has 1 aromatic carbocycles. The molecule has 1 N–H and O–H groups in total. The van der Waals surface area contributed by atoms with Crippen molar-refractivity contribution in [2.45, 2.75) is 31.4 Å². The number of benzene rings is 1. The Morgan fingerprint density at radius 1 is 1.33 bits per heavy atom. The third-order valence-electron chi connectivity index (χ3n) is 4.91. The SMILES string of the molecule is FC1(c2cccc(Cl)c2)CCN(CC2CCCNC2)CC1. The summed E-state index contributed by atoms with van der Waals surface area (Å²) in [5.41, 5.74) is -0.458. The molecule has 116 valence electrons. The molecule has 1 atom stereocenters. The molecule has 2 aliphatic heterocycles. The molecule has 0 radical (unpaired) electrons. The molecule has 3 rings (SSSR count). The molecular formula is C17H24ClFN2. The van der Waals surface area contributed by atoms with Gasteiger partial charge >= 0.3 is 0 Å². The molecule has 2 saturated heterocycles. The van der Waals surface area contributed by atoms with Crippen molar-refractivity contribution >= 4 is 11.6 Å². The van der Waals surface area contributed by atoms with Crippen LogP contribution in [0.15, 0.2) is 24.3 Å². The second-order valence-electron chi connectivity index (χ2n) is 6.49. The number of nitrogens with zero attached hydrogens (tertiary/aromatic N) is 1. The summed E-state index contributed by atoms with van der Waals surface area (Å²) in [6.45, 7) is 5.07. The lowest BCUT2D eigenvalue weighted by Gasteiger charge is -2.38. The van der Waals surface area contributed by atoms with Gasteiger partial charge in [0.15, 0.2) is 0 Å². The Labute approximate surface area is 131 Å². The van der Waals surface area contributed by atoms with Crippen LogP contribution in [0.4, 0.5) is 4.39 Å². The second-order valence-corrected chi connectivity index (χ2v) is 6.93. The maximum atomic E-state index is 15.1. The number of likely N-dealkylation sites (tertiary alicyclic amines) is 1. The van der Waals surface area contributed by atoms with Crippen molar-refractivity contribution in [2.24, 2.45) is 5.92 Å². The summed E-state index contributed by atoms with van der Waals surface area (Å²) in [7, 11) is 0. The maximum absolute atomic E-state index is 15.1. The van der Waals surface area contributed by atoms with Crippen molar-refractivity contribution < 1.29 is 4.39 Å². The molecule has 1 aromatic rings. The predicted molar refractivity (Wildman–Crippen MR) is 85.5 cm³/mol. The van der Waals surface area contributed by atoms with Crippen LogP contribution in [0.2, 0.25) is 5.02 Å². The summed E-state index contributed by atoms with van der Waals surface area (Å²) < 4.78 is 15.1. The van der Waals surface area contributed by atoms with E-state index < -0.39 is 5.67 Å². The Morgan fingerprint density at radius 3 is 2.81 bits per heavy atom. The average Bonchev–Trinajstić information content (AvgIpc) is 2.51. The minimum absolute atomic E-state index is 0.577. The molecule has 0 amide bonds. The molecule has 0 aliphatic carbocycles. The zero-order chi connectivity index (χ0) is 14.7. The van der Waals surface area contributed by atoms with Gasteiger partial charge in [0.05, 0.1) is 0 Å². The molecule has 2 fully saturated rings. The van der Waals surface area contributed by atoms with Crippen molar-refractivity contribution in [2.75, 3.05) is 32.7 Å². The van der Waals surface area contributed by atoms with Gasteiger partial charge in [0.1, 0.15) is 5.67 Å². The smallest absolute Gasteiger partial charge is 0.138 e. The van der Waals surface area contributed by atoms with Crippen molar-refractivity contribution in [3.05, 3.63) is 34.9 Å². The van der Waals surface area contributed by atoms with E-state index in [1.807, 2.05) is 12.1 Å². The minimum atomic E-state index is -1.20. The lowest BCUT2D eigenvalue weighted by Crippen LogP contribution is -2.44. The molecule has 0 bridgehead atoms. The first-order valence-corrected chi connectivity index (χ1v) is 8.41. The number of nitrogens with one attached hydrogen (secondary N) is 1. The van der Waals surface area contributed by atoms with Gasteiger partial charge in [-0.1, -0.05) is 23.7 Å². The van der Waals surface area contributed by atoms with Crippen molar-refractivity contribution in [1.82, 2.24) is 10.2 Å². The number of hydrogen-bond donors (Lipinski definition) is 1. The van der Waals surface area contributed by atoms with E-state index in [9.17, 15) is 0 Å². The fraction of sp³-hybridized carbons (Fsp3) is 0.647. The quantitative estimate of drug-likeness (QED) is 0.917. The van der Waals surface area contributed by atoms with Crippen LogP contribution < -0.4 is 5.32 Å². The molecule has 4 heteroatoms. The summed E-state index contributed by atoms with van der Waals surface area (Å²) in [5, 5.41) is 4.08. The molecule has 0 spiro atoms. The van der Waals surface area contributed by atoms with E-state index in [0.717, 1.165) is 44.2 Å². The van der Waals surface area contributed by atoms with E-state index in [4.69, 9.17) is 11.6 Å². The van der Waals surface area contributed by atoms with E-state index in [2.05, 4.69) is 10.2 Å². The average molecular weight is 311 g/mol. The zero-order valence-electron chi connectivity index (χ0n) is 12.5. The van der Waals surface area contributed by atoms with Crippen LogP contribution in [0.5, 0.6) is 0 Å². The summed E-state index contributed by atoms with van der Waals surface area (Å²) in [6.07, 6.45) is 3.73. The van der Waals surface area contributed by atoms with Gasteiger partial charge in [0.25, 0.3) is 0 Å². The van der Waals surface area contributed by atoms with Crippen LogP contribution in [-0.2, 0) is 5.67 Å². The highest BCUT2D eigenvalue weighted by Crippen LogP contribution is 2.38. The van der Waals surface area contributed by atoms with Crippen LogP contribution in [0.25, 0.3) is 0 Å². The number of rotatable bonds is 3. The lowest BCUT2D eigenvalue weighted by atomic mass is 9.85. The highest BCUT2D eigenvalue weighted by atomic mass is 35.5. The van der Waals surface area contributed by atoms with Gasteiger partial charge in [-0.2, -0.15) is 0 Å². The number of hydrogen-bond acceptors (Lipinski definition) is 2. The highest BCUT2D eigenvalue weighted by molar-refractivity contribution is 6.30. The van der Waals surface area contributed by atoms with E-state index in [1.165, 1.54) is 12.8 Å². The maximum Gasteiger partial charge on any atom is 0.138 e. The fourth-order valence-electron chi connectivity index (χ4n) is 3.59. The van der Waals surface area contributed by atoms with E-state index in [-0.39, 0.29) is 0 Å². The number of alkyl halides is 1. The van der Waals surface area contributed by atoms with Gasteiger partial charge in [0, 0.05) is 24.7 Å². The van der Waals surface area contributed by atoms with Crippen LogP contribution in [0.3, 0.4) is 0 Å². The third kappa shape index (κ3) is 3.77. The monoisotopic (exact) mass is 310 g/mol. The van der Waals surface area contributed by atoms with Gasteiger partial charge < -0.3 is 10.2 Å².